The number of hydrazine groups is 1. The van der Waals surface area contributed by atoms with Gasteiger partial charge >= 0.3 is 6.09 Å². The molecule has 0 aliphatic rings. The molecule has 3 aromatic rings. The van der Waals surface area contributed by atoms with E-state index in [0.717, 1.165) is 22.4 Å². The number of nitrogens with zero attached hydrogens (tertiary/aromatic N) is 2. The Morgan fingerprint density at radius 3 is 2.20 bits per heavy atom. The molecule has 13 heteroatoms. The van der Waals surface area contributed by atoms with Gasteiger partial charge < -0.3 is 25.3 Å². The van der Waals surface area contributed by atoms with Crippen LogP contribution in [0.25, 0.3) is 11.3 Å². The van der Waals surface area contributed by atoms with Crippen LogP contribution >= 0.6 is 0 Å². The summed E-state index contributed by atoms with van der Waals surface area (Å²) in [7, 11) is 2.59. The number of aliphatic hydroxyl groups excluding tert-OH is 1. The van der Waals surface area contributed by atoms with Crippen LogP contribution in [0.4, 0.5) is 4.79 Å². The fourth-order valence-corrected chi connectivity index (χ4v) is 5.41. The Morgan fingerprint density at radius 2 is 1.62 bits per heavy atom. The largest absolute Gasteiger partial charge is 0.453 e. The summed E-state index contributed by atoms with van der Waals surface area (Å²) < 4.78 is 4.72. The van der Waals surface area contributed by atoms with Gasteiger partial charge in [0.1, 0.15) is 18.0 Å². The standard InChI is InChI=1S/C37H48N6O7/c1-6-28(19-21-44)34(42-50-5)36(47)41-43(23-27-15-17-29(18-16-27)30-14-10-11-20-38-30)24-32(45)31(22-26-12-8-7-9-13-26)39-35(46)33(25(2)3)40-37(48)49-4/h7-20,25,28,31-34,42,45H,6,22-24H2,1-5H3,(H,39,46)(H,40,48)(H,41,47)/t28-,31+,32+,33+,34+/m1/s1. The molecule has 268 valence electrons. The van der Waals surface area contributed by atoms with Gasteiger partial charge in [0.25, 0.3) is 5.91 Å². The van der Waals surface area contributed by atoms with Gasteiger partial charge in [0, 0.05) is 36.8 Å². The summed E-state index contributed by atoms with van der Waals surface area (Å²) in [5.74, 6) is -0.0595. The maximum Gasteiger partial charge on any atom is 0.407 e. The number of hydroxylamine groups is 1. The second-order valence-corrected chi connectivity index (χ2v) is 12.2. The lowest BCUT2D eigenvalue weighted by Gasteiger charge is -2.33. The topological polar surface area (TPSA) is 171 Å². The molecule has 0 unspecified atom stereocenters. The first kappa shape index (κ1) is 39.5. The van der Waals surface area contributed by atoms with Gasteiger partial charge in [0.05, 0.1) is 32.1 Å². The zero-order chi connectivity index (χ0) is 36.5. The molecule has 0 saturated carbocycles. The van der Waals surface area contributed by atoms with Crippen molar-refractivity contribution < 1.29 is 33.9 Å². The third-order valence-electron chi connectivity index (χ3n) is 8.17. The second-order valence-electron chi connectivity index (χ2n) is 12.2. The Bertz CT molecular complexity index is 1530. The predicted molar refractivity (Wildman–Crippen MR) is 188 cm³/mol. The Kier molecular flexibility index (Phi) is 16.3. The third kappa shape index (κ3) is 12.2. The number of alkyl carbamates (subject to hydrolysis) is 1. The quantitative estimate of drug-likeness (QED) is 0.0932. The van der Waals surface area contributed by atoms with Crippen molar-refractivity contribution >= 4 is 23.8 Å². The van der Waals surface area contributed by atoms with Crippen molar-refractivity contribution in [2.45, 2.75) is 64.4 Å². The maximum atomic E-state index is 13.7. The van der Waals surface area contributed by atoms with Crippen LogP contribution in [-0.2, 0) is 36.9 Å². The summed E-state index contributed by atoms with van der Waals surface area (Å²) in [4.78, 5) is 60.0. The van der Waals surface area contributed by atoms with E-state index >= 15 is 0 Å². The van der Waals surface area contributed by atoms with Gasteiger partial charge in [-0.2, -0.15) is 5.48 Å². The highest BCUT2D eigenvalue weighted by molar-refractivity contribution is 5.86. The molecule has 1 aromatic heterocycles. The number of aliphatic hydroxyl groups is 1. The van der Waals surface area contributed by atoms with E-state index in [-0.39, 0.29) is 25.4 Å². The Balaban J connectivity index is 1.93. The number of rotatable bonds is 19. The maximum absolute atomic E-state index is 13.7. The summed E-state index contributed by atoms with van der Waals surface area (Å²) in [5.41, 5.74) is 8.95. The van der Waals surface area contributed by atoms with Crippen LogP contribution in [0.15, 0.2) is 85.1 Å². The van der Waals surface area contributed by atoms with Crippen LogP contribution < -0.4 is 21.5 Å². The number of carbonyl (C=O) groups is 3. The third-order valence-corrected chi connectivity index (χ3v) is 8.17. The van der Waals surface area contributed by atoms with Crippen LogP contribution in [0, 0.1) is 11.8 Å². The van der Waals surface area contributed by atoms with E-state index in [2.05, 4.69) is 26.5 Å². The number of carbonyl (C=O) groups excluding carboxylic acids is 4. The van der Waals surface area contributed by atoms with E-state index < -0.39 is 48.1 Å². The molecule has 1 heterocycles. The van der Waals surface area contributed by atoms with Gasteiger partial charge in [-0.15, -0.1) is 0 Å². The van der Waals surface area contributed by atoms with Crippen molar-refractivity contribution in [1.29, 1.82) is 0 Å². The number of hydrogen-bond acceptors (Lipinski definition) is 10. The number of aromatic nitrogens is 1. The lowest BCUT2D eigenvalue weighted by atomic mass is 9.97. The number of amides is 3. The van der Waals surface area contributed by atoms with Crippen LogP contribution in [-0.4, -0.2) is 83.9 Å². The SMILES string of the molecule is CC[C@H](C=C=O)[C@H](NOC)C(=O)NN(Cc1ccc(-c2ccccn2)cc1)C[C@H](O)[C@H](Cc1ccccc1)NC(=O)[C@@H](NC(=O)OC)C(C)C. The normalized spacial score (nSPS) is 14.1. The molecule has 50 heavy (non-hydrogen) atoms. The molecule has 3 rings (SSSR count). The van der Waals surface area contributed by atoms with Crippen molar-refractivity contribution in [3.8, 4) is 11.3 Å². The minimum Gasteiger partial charge on any atom is -0.453 e. The highest BCUT2D eigenvalue weighted by Gasteiger charge is 2.32. The molecule has 0 aliphatic heterocycles. The summed E-state index contributed by atoms with van der Waals surface area (Å²) in [6.45, 7) is 5.47. The van der Waals surface area contributed by atoms with Gasteiger partial charge in [-0.3, -0.25) is 20.0 Å². The van der Waals surface area contributed by atoms with E-state index in [1.165, 1.54) is 20.3 Å². The summed E-state index contributed by atoms with van der Waals surface area (Å²) >= 11 is 0. The molecule has 0 bridgehead atoms. The van der Waals surface area contributed by atoms with Gasteiger partial charge in [0.2, 0.25) is 5.91 Å². The van der Waals surface area contributed by atoms with E-state index in [1.807, 2.05) is 79.7 Å². The number of hydrogen-bond donors (Lipinski definition) is 5. The first-order valence-corrected chi connectivity index (χ1v) is 16.5. The zero-order valence-electron chi connectivity index (χ0n) is 29.2. The monoisotopic (exact) mass is 688 g/mol. The second kappa shape index (κ2) is 20.6. The van der Waals surface area contributed by atoms with Crippen molar-refractivity contribution in [3.63, 3.8) is 0 Å². The molecule has 0 spiro atoms. The highest BCUT2D eigenvalue weighted by atomic mass is 16.6. The average molecular weight is 689 g/mol. The van der Waals surface area contributed by atoms with Gasteiger partial charge in [-0.05, 0) is 42.0 Å². The number of ether oxygens (including phenoxy) is 1. The molecule has 5 N–H and O–H groups in total. The Labute approximate surface area is 293 Å². The summed E-state index contributed by atoms with van der Waals surface area (Å²) in [6, 6.07) is 19.9. The summed E-state index contributed by atoms with van der Waals surface area (Å²) in [6.07, 6.45) is 1.73. The molecule has 0 saturated heterocycles. The van der Waals surface area contributed by atoms with Crippen molar-refractivity contribution in [3.05, 3.63) is 96.2 Å². The van der Waals surface area contributed by atoms with Crippen molar-refractivity contribution in [2.75, 3.05) is 20.8 Å². The Hall–Kier alpha value is -4.91. The first-order valence-electron chi connectivity index (χ1n) is 16.5. The summed E-state index contributed by atoms with van der Waals surface area (Å²) in [5, 5.41) is 18.8. The van der Waals surface area contributed by atoms with Gasteiger partial charge in [0.15, 0.2) is 0 Å². The lowest BCUT2D eigenvalue weighted by molar-refractivity contribution is -0.134. The molecular formula is C37H48N6O7. The highest BCUT2D eigenvalue weighted by Crippen LogP contribution is 2.19. The first-order chi connectivity index (χ1) is 24.1. The molecule has 3 amide bonds. The fraction of sp³-hybridized carbons (Fsp3) is 0.405. The molecule has 2 aromatic carbocycles. The van der Waals surface area contributed by atoms with E-state index in [1.54, 1.807) is 31.0 Å². The molecule has 0 fully saturated rings. The van der Waals surface area contributed by atoms with Gasteiger partial charge in [-0.1, -0.05) is 81.4 Å². The predicted octanol–water partition coefficient (Wildman–Crippen LogP) is 2.98. The van der Waals surface area contributed by atoms with E-state index in [9.17, 15) is 24.3 Å². The molecule has 0 aliphatic carbocycles. The molecule has 0 radical (unpaired) electrons. The van der Waals surface area contributed by atoms with Crippen LogP contribution in [0.2, 0.25) is 0 Å². The smallest absolute Gasteiger partial charge is 0.407 e. The van der Waals surface area contributed by atoms with Gasteiger partial charge in [-0.25, -0.2) is 14.6 Å². The molecular weight excluding hydrogens is 640 g/mol. The molecule has 5 atom stereocenters. The minimum absolute atomic E-state index is 0.109. The average Bonchev–Trinajstić information content (AvgIpc) is 3.12. The van der Waals surface area contributed by atoms with E-state index in [0.29, 0.717) is 6.42 Å². The molecule has 13 nitrogen and oxygen atoms in total. The van der Waals surface area contributed by atoms with E-state index in [4.69, 9.17) is 9.57 Å². The van der Waals surface area contributed by atoms with Crippen LogP contribution in [0.5, 0.6) is 0 Å². The van der Waals surface area contributed by atoms with Crippen LogP contribution in [0.1, 0.15) is 38.3 Å². The number of benzene rings is 2. The number of methoxy groups -OCH3 is 1. The van der Waals surface area contributed by atoms with Crippen LogP contribution in [0.3, 0.4) is 0 Å². The minimum atomic E-state index is -1.20. The lowest BCUT2D eigenvalue weighted by Crippen LogP contribution is -2.59. The number of pyridine rings is 1. The zero-order valence-corrected chi connectivity index (χ0v) is 29.2. The van der Waals surface area contributed by atoms with Crippen molar-refractivity contribution in [1.82, 2.24) is 31.5 Å². The fourth-order valence-electron chi connectivity index (χ4n) is 5.41. The Morgan fingerprint density at radius 1 is 0.920 bits per heavy atom. The number of nitrogens with one attached hydrogen (secondary N) is 4. The van der Waals surface area contributed by atoms with Crippen molar-refractivity contribution in [2.24, 2.45) is 11.8 Å².